The van der Waals surface area contributed by atoms with Crippen LogP contribution < -0.4 is 10.5 Å². The predicted octanol–water partition coefficient (Wildman–Crippen LogP) is 4.82. The maximum absolute atomic E-state index is 5.80. The SMILES string of the molecule is Cc1c(N)cnc(Oc2ccc(C(C)(C)C)cc2)c1Br. The van der Waals surface area contributed by atoms with Gasteiger partial charge in [0.15, 0.2) is 0 Å². The average Bonchev–Trinajstić information content (AvgIpc) is 2.39. The summed E-state index contributed by atoms with van der Waals surface area (Å²) in [7, 11) is 0. The van der Waals surface area contributed by atoms with E-state index in [1.165, 1.54) is 5.56 Å². The fourth-order valence-corrected chi connectivity index (χ4v) is 2.19. The summed E-state index contributed by atoms with van der Waals surface area (Å²) in [5, 5.41) is 0. The van der Waals surface area contributed by atoms with Gasteiger partial charge in [0.2, 0.25) is 5.88 Å². The zero-order chi connectivity index (χ0) is 14.9. The van der Waals surface area contributed by atoms with Gasteiger partial charge in [0.1, 0.15) is 5.75 Å². The van der Waals surface area contributed by atoms with Crippen molar-refractivity contribution in [1.82, 2.24) is 4.98 Å². The first-order valence-electron chi connectivity index (χ1n) is 6.48. The molecule has 0 saturated carbocycles. The number of rotatable bonds is 2. The number of hydrogen-bond donors (Lipinski definition) is 1. The highest BCUT2D eigenvalue weighted by molar-refractivity contribution is 9.10. The van der Waals surface area contributed by atoms with Gasteiger partial charge in [-0.25, -0.2) is 4.98 Å². The molecule has 0 aliphatic rings. The first-order chi connectivity index (χ1) is 9.29. The summed E-state index contributed by atoms with van der Waals surface area (Å²) < 4.78 is 6.59. The Morgan fingerprint density at radius 2 is 1.75 bits per heavy atom. The second-order valence-corrected chi connectivity index (χ2v) is 6.63. The zero-order valence-corrected chi connectivity index (χ0v) is 13.8. The maximum atomic E-state index is 5.80. The molecule has 0 unspecified atom stereocenters. The van der Waals surface area contributed by atoms with E-state index in [0.29, 0.717) is 11.6 Å². The lowest BCUT2D eigenvalue weighted by atomic mass is 9.87. The van der Waals surface area contributed by atoms with E-state index in [0.717, 1.165) is 15.8 Å². The summed E-state index contributed by atoms with van der Waals surface area (Å²) in [6, 6.07) is 8.07. The van der Waals surface area contributed by atoms with Gasteiger partial charge in [0.05, 0.1) is 16.4 Å². The molecule has 0 fully saturated rings. The second kappa shape index (κ2) is 5.44. The van der Waals surface area contributed by atoms with Gasteiger partial charge in [-0.15, -0.1) is 0 Å². The number of anilines is 1. The van der Waals surface area contributed by atoms with E-state index in [1.54, 1.807) is 6.20 Å². The van der Waals surface area contributed by atoms with Crippen molar-refractivity contribution in [2.45, 2.75) is 33.1 Å². The Kier molecular flexibility index (Phi) is 4.04. The number of nitrogen functional groups attached to an aromatic ring is 1. The topological polar surface area (TPSA) is 48.1 Å². The Balaban J connectivity index is 2.25. The van der Waals surface area contributed by atoms with Crippen LogP contribution in [-0.2, 0) is 5.41 Å². The van der Waals surface area contributed by atoms with E-state index in [1.807, 2.05) is 19.1 Å². The Hall–Kier alpha value is -1.55. The summed E-state index contributed by atoms with van der Waals surface area (Å²) in [6.07, 6.45) is 1.61. The number of ether oxygens (including phenoxy) is 1. The molecular formula is C16H19BrN2O. The summed E-state index contributed by atoms with van der Waals surface area (Å²) in [4.78, 5) is 4.21. The minimum Gasteiger partial charge on any atom is -0.438 e. The van der Waals surface area contributed by atoms with Crippen molar-refractivity contribution in [1.29, 1.82) is 0 Å². The highest BCUT2D eigenvalue weighted by Gasteiger charge is 2.14. The van der Waals surface area contributed by atoms with Crippen LogP contribution in [0.3, 0.4) is 0 Å². The van der Waals surface area contributed by atoms with E-state index in [-0.39, 0.29) is 5.41 Å². The molecule has 3 nitrogen and oxygen atoms in total. The number of hydrogen-bond acceptors (Lipinski definition) is 3. The third-order valence-electron chi connectivity index (χ3n) is 3.21. The molecule has 0 amide bonds. The first-order valence-corrected chi connectivity index (χ1v) is 7.27. The lowest BCUT2D eigenvalue weighted by Crippen LogP contribution is -2.10. The molecule has 4 heteroatoms. The molecule has 1 aromatic heterocycles. The molecule has 0 atom stereocenters. The molecule has 0 aliphatic heterocycles. The fourth-order valence-electron chi connectivity index (χ4n) is 1.77. The Labute approximate surface area is 128 Å². The molecule has 2 N–H and O–H groups in total. The van der Waals surface area contributed by atoms with Gasteiger partial charge in [-0.3, -0.25) is 0 Å². The second-order valence-electron chi connectivity index (χ2n) is 5.83. The van der Waals surface area contributed by atoms with Crippen LogP contribution in [0.5, 0.6) is 11.6 Å². The van der Waals surface area contributed by atoms with Gasteiger partial charge in [-0.05, 0) is 51.5 Å². The van der Waals surface area contributed by atoms with Gasteiger partial charge in [0, 0.05) is 0 Å². The Morgan fingerprint density at radius 3 is 2.30 bits per heavy atom. The molecule has 0 spiro atoms. The van der Waals surface area contributed by atoms with Crippen molar-refractivity contribution in [3.63, 3.8) is 0 Å². The van der Waals surface area contributed by atoms with Crippen LogP contribution in [0.25, 0.3) is 0 Å². The Morgan fingerprint density at radius 1 is 1.15 bits per heavy atom. The van der Waals surface area contributed by atoms with Crippen LogP contribution >= 0.6 is 15.9 Å². The third-order valence-corrected chi connectivity index (χ3v) is 4.14. The van der Waals surface area contributed by atoms with Crippen molar-refractivity contribution in [3.05, 3.63) is 46.1 Å². The molecule has 0 bridgehead atoms. The summed E-state index contributed by atoms with van der Waals surface area (Å²) in [5.41, 5.74) is 8.78. The van der Waals surface area contributed by atoms with Gasteiger partial charge in [0.25, 0.3) is 0 Å². The minimum atomic E-state index is 0.134. The van der Waals surface area contributed by atoms with Crippen LogP contribution in [0.2, 0.25) is 0 Å². The summed E-state index contributed by atoms with van der Waals surface area (Å²) in [6.45, 7) is 8.48. The number of halogens is 1. The van der Waals surface area contributed by atoms with Gasteiger partial charge in [-0.2, -0.15) is 0 Å². The van der Waals surface area contributed by atoms with Crippen LogP contribution in [0.15, 0.2) is 34.9 Å². The minimum absolute atomic E-state index is 0.134. The van der Waals surface area contributed by atoms with E-state index in [2.05, 4.69) is 53.8 Å². The van der Waals surface area contributed by atoms with Crippen molar-refractivity contribution in [2.24, 2.45) is 0 Å². The largest absolute Gasteiger partial charge is 0.438 e. The summed E-state index contributed by atoms with van der Waals surface area (Å²) in [5.74, 6) is 1.29. The van der Waals surface area contributed by atoms with Crippen molar-refractivity contribution < 1.29 is 4.74 Å². The van der Waals surface area contributed by atoms with Gasteiger partial charge in [-0.1, -0.05) is 32.9 Å². The molecule has 1 heterocycles. The molecule has 2 aromatic rings. The third kappa shape index (κ3) is 3.12. The summed E-state index contributed by atoms with van der Waals surface area (Å²) >= 11 is 3.47. The molecule has 2 rings (SSSR count). The number of pyridine rings is 1. The quantitative estimate of drug-likeness (QED) is 0.855. The number of benzene rings is 1. The van der Waals surface area contributed by atoms with Crippen LogP contribution in [0.4, 0.5) is 5.69 Å². The highest BCUT2D eigenvalue weighted by atomic mass is 79.9. The molecule has 106 valence electrons. The fraction of sp³-hybridized carbons (Fsp3) is 0.312. The number of nitrogens with two attached hydrogens (primary N) is 1. The molecule has 0 aliphatic carbocycles. The molecule has 0 saturated heterocycles. The molecule has 20 heavy (non-hydrogen) atoms. The Bertz CT molecular complexity index is 616. The van der Waals surface area contributed by atoms with Crippen molar-refractivity contribution >= 4 is 21.6 Å². The van der Waals surface area contributed by atoms with Gasteiger partial charge >= 0.3 is 0 Å². The highest BCUT2D eigenvalue weighted by Crippen LogP contribution is 2.33. The normalized spacial score (nSPS) is 11.4. The number of nitrogens with zero attached hydrogens (tertiary/aromatic N) is 1. The van der Waals surface area contributed by atoms with E-state index >= 15 is 0 Å². The smallest absolute Gasteiger partial charge is 0.233 e. The van der Waals surface area contributed by atoms with Crippen molar-refractivity contribution in [2.75, 3.05) is 5.73 Å². The van der Waals surface area contributed by atoms with Crippen LogP contribution in [-0.4, -0.2) is 4.98 Å². The monoisotopic (exact) mass is 334 g/mol. The molecule has 0 radical (unpaired) electrons. The molecular weight excluding hydrogens is 316 g/mol. The standard InChI is InChI=1S/C16H19BrN2O/c1-10-13(18)9-19-15(14(10)17)20-12-7-5-11(6-8-12)16(2,3)4/h5-9H,18H2,1-4H3. The van der Waals surface area contributed by atoms with Crippen LogP contribution in [0, 0.1) is 6.92 Å². The van der Waals surface area contributed by atoms with E-state index < -0.39 is 0 Å². The predicted molar refractivity (Wildman–Crippen MR) is 86.3 cm³/mol. The lowest BCUT2D eigenvalue weighted by Gasteiger charge is -2.19. The van der Waals surface area contributed by atoms with Crippen molar-refractivity contribution in [3.8, 4) is 11.6 Å². The first kappa shape index (κ1) is 14.9. The van der Waals surface area contributed by atoms with E-state index in [9.17, 15) is 0 Å². The zero-order valence-electron chi connectivity index (χ0n) is 12.2. The van der Waals surface area contributed by atoms with Gasteiger partial charge < -0.3 is 10.5 Å². The van der Waals surface area contributed by atoms with E-state index in [4.69, 9.17) is 10.5 Å². The van der Waals surface area contributed by atoms with Crippen LogP contribution in [0.1, 0.15) is 31.9 Å². The lowest BCUT2D eigenvalue weighted by molar-refractivity contribution is 0.458. The molecule has 1 aromatic carbocycles. The maximum Gasteiger partial charge on any atom is 0.233 e. The number of aromatic nitrogens is 1. The average molecular weight is 335 g/mol.